The number of nitrogens with zero attached hydrogens (tertiary/aromatic N) is 7. The van der Waals surface area contributed by atoms with Gasteiger partial charge in [0, 0.05) is 68.0 Å². The maximum absolute atomic E-state index is 13.1. The van der Waals surface area contributed by atoms with Gasteiger partial charge in [0.25, 0.3) is 11.8 Å². The van der Waals surface area contributed by atoms with Crippen molar-refractivity contribution in [2.24, 2.45) is 0 Å². The molecule has 188 valence electrons. The molecule has 2 fully saturated rings. The van der Waals surface area contributed by atoms with Gasteiger partial charge in [-0.1, -0.05) is 35.0 Å². The molecule has 10 heteroatoms. The summed E-state index contributed by atoms with van der Waals surface area (Å²) in [7, 11) is 0. The first-order chi connectivity index (χ1) is 18.1. The van der Waals surface area contributed by atoms with E-state index in [1.807, 2.05) is 39.4 Å². The molecule has 37 heavy (non-hydrogen) atoms. The molecule has 0 spiro atoms. The monoisotopic (exact) mass is 513 g/mol. The minimum absolute atomic E-state index is 0.0142. The van der Waals surface area contributed by atoms with Crippen LogP contribution in [-0.4, -0.2) is 91.8 Å². The first-order valence-corrected chi connectivity index (χ1v) is 13.2. The van der Waals surface area contributed by atoms with Crippen LogP contribution in [0.4, 0.5) is 0 Å². The van der Waals surface area contributed by atoms with E-state index in [4.69, 9.17) is 0 Å². The minimum atomic E-state index is 0.0142. The molecule has 0 radical (unpaired) electrons. The first-order valence-electron chi connectivity index (χ1n) is 12.4. The smallest absolute Gasteiger partial charge is 0.282 e. The molecule has 0 unspecified atom stereocenters. The molecule has 4 heterocycles. The summed E-state index contributed by atoms with van der Waals surface area (Å²) >= 11 is 1.38. The Morgan fingerprint density at radius 3 is 2.30 bits per heavy atom. The Labute approximate surface area is 218 Å². The van der Waals surface area contributed by atoms with Crippen LogP contribution in [0.15, 0.2) is 66.3 Å². The Morgan fingerprint density at radius 2 is 1.62 bits per heavy atom. The van der Waals surface area contributed by atoms with Crippen molar-refractivity contribution in [3.8, 4) is 16.9 Å². The average Bonchev–Trinajstić information content (AvgIpc) is 3.61. The lowest BCUT2D eigenvalue weighted by atomic mass is 10.0. The fourth-order valence-corrected chi connectivity index (χ4v) is 5.48. The van der Waals surface area contributed by atoms with Crippen LogP contribution in [0.5, 0.6) is 0 Å². The predicted molar refractivity (Wildman–Crippen MR) is 141 cm³/mol. The second kappa shape index (κ2) is 9.87. The zero-order chi connectivity index (χ0) is 25.4. The number of aromatic nitrogens is 4. The van der Waals surface area contributed by atoms with Crippen LogP contribution >= 0.6 is 11.3 Å². The number of carbonyl (C=O) groups excluding carboxylic acids is 2. The van der Waals surface area contributed by atoms with Crippen LogP contribution in [0.3, 0.4) is 0 Å². The zero-order valence-corrected chi connectivity index (χ0v) is 21.3. The van der Waals surface area contributed by atoms with Crippen LogP contribution in [0.1, 0.15) is 25.7 Å². The number of likely N-dealkylation sites (tertiary alicyclic amines) is 1. The Morgan fingerprint density at radius 1 is 0.892 bits per heavy atom. The molecule has 0 atom stereocenters. The number of aryl methyl sites for hydroxylation is 1. The summed E-state index contributed by atoms with van der Waals surface area (Å²) in [5, 5.41) is 10.7. The summed E-state index contributed by atoms with van der Waals surface area (Å²) in [5.74, 6) is 0.0538. The lowest BCUT2D eigenvalue weighted by Crippen LogP contribution is -2.64. The molecule has 6 rings (SSSR count). The van der Waals surface area contributed by atoms with E-state index in [1.54, 1.807) is 17.1 Å². The van der Waals surface area contributed by atoms with Gasteiger partial charge in [0.15, 0.2) is 5.01 Å². The summed E-state index contributed by atoms with van der Waals surface area (Å²) in [6, 6.07) is 16.1. The highest BCUT2D eigenvalue weighted by Crippen LogP contribution is 2.24. The van der Waals surface area contributed by atoms with Crippen LogP contribution < -0.4 is 0 Å². The van der Waals surface area contributed by atoms with Crippen molar-refractivity contribution in [1.82, 2.24) is 34.7 Å². The van der Waals surface area contributed by atoms with E-state index < -0.39 is 0 Å². The molecule has 2 aromatic heterocycles. The molecule has 0 saturated carbocycles. The first kappa shape index (κ1) is 23.5. The van der Waals surface area contributed by atoms with E-state index in [9.17, 15) is 9.59 Å². The Bertz CT molecular complexity index is 1390. The second-order valence-electron chi connectivity index (χ2n) is 9.47. The SMILES string of the molecule is Cc1ccc(-c2cnnn2-c2ccc(C(=O)N3CC(N4CCN(C(=O)c5nccs5)CC4)C3)cc2)cc1. The fraction of sp³-hybridized carbons (Fsp3) is 0.296. The summed E-state index contributed by atoms with van der Waals surface area (Å²) in [6.45, 7) is 6.50. The highest BCUT2D eigenvalue weighted by Gasteiger charge is 2.37. The third-order valence-electron chi connectivity index (χ3n) is 7.14. The molecule has 2 aliphatic rings. The highest BCUT2D eigenvalue weighted by molar-refractivity contribution is 7.11. The molecule has 2 saturated heterocycles. The highest BCUT2D eigenvalue weighted by atomic mass is 32.1. The fourth-order valence-electron chi connectivity index (χ4n) is 4.88. The Kier molecular flexibility index (Phi) is 6.27. The Balaban J connectivity index is 1.04. The number of hydrogen-bond acceptors (Lipinski definition) is 7. The van der Waals surface area contributed by atoms with Gasteiger partial charge < -0.3 is 9.80 Å². The number of benzene rings is 2. The third-order valence-corrected chi connectivity index (χ3v) is 7.90. The van der Waals surface area contributed by atoms with Gasteiger partial charge in [0.1, 0.15) is 0 Å². The van der Waals surface area contributed by atoms with E-state index in [0.29, 0.717) is 42.8 Å². The standard InChI is InChI=1S/C27H27N7O2S/c1-19-2-4-20(5-3-19)24-16-29-30-34(24)22-8-6-21(7-9-22)26(35)33-17-23(18-33)31-11-13-32(14-12-31)27(36)25-28-10-15-37-25/h2-10,15-16,23H,11-14,17-18H2,1H3. The largest absolute Gasteiger partial charge is 0.335 e. The summed E-state index contributed by atoms with van der Waals surface area (Å²) in [6.07, 6.45) is 3.41. The van der Waals surface area contributed by atoms with Gasteiger partial charge in [-0.25, -0.2) is 9.67 Å². The molecule has 2 aromatic carbocycles. The quantitative estimate of drug-likeness (QED) is 0.408. The second-order valence-corrected chi connectivity index (χ2v) is 10.4. The molecular formula is C27H27N7O2S. The van der Waals surface area contributed by atoms with Gasteiger partial charge in [-0.2, -0.15) is 0 Å². The van der Waals surface area contributed by atoms with E-state index in [2.05, 4.69) is 51.4 Å². The van der Waals surface area contributed by atoms with Crippen molar-refractivity contribution in [1.29, 1.82) is 0 Å². The molecular weight excluding hydrogens is 486 g/mol. The lowest BCUT2D eigenvalue weighted by Gasteiger charge is -2.48. The minimum Gasteiger partial charge on any atom is -0.335 e. The van der Waals surface area contributed by atoms with Crippen molar-refractivity contribution >= 4 is 23.2 Å². The van der Waals surface area contributed by atoms with Gasteiger partial charge in [-0.3, -0.25) is 14.5 Å². The number of rotatable bonds is 5. The number of hydrogen-bond donors (Lipinski definition) is 0. The molecule has 0 N–H and O–H groups in total. The summed E-state index contributed by atoms with van der Waals surface area (Å²) in [5.41, 5.74) is 4.66. The maximum Gasteiger partial charge on any atom is 0.282 e. The zero-order valence-electron chi connectivity index (χ0n) is 20.5. The number of thiazole rings is 1. The molecule has 2 amide bonds. The van der Waals surface area contributed by atoms with Crippen molar-refractivity contribution in [3.63, 3.8) is 0 Å². The van der Waals surface area contributed by atoms with Gasteiger partial charge in [-0.05, 0) is 31.2 Å². The van der Waals surface area contributed by atoms with Gasteiger partial charge in [0.2, 0.25) is 0 Å². The molecule has 0 bridgehead atoms. The van der Waals surface area contributed by atoms with E-state index in [1.165, 1.54) is 16.9 Å². The molecule has 4 aromatic rings. The molecule has 9 nitrogen and oxygen atoms in total. The van der Waals surface area contributed by atoms with Crippen LogP contribution in [0.2, 0.25) is 0 Å². The molecule has 0 aliphatic carbocycles. The topological polar surface area (TPSA) is 87.5 Å². The van der Waals surface area contributed by atoms with Crippen molar-refractivity contribution < 1.29 is 9.59 Å². The number of piperazine rings is 1. The van der Waals surface area contributed by atoms with Crippen molar-refractivity contribution in [2.45, 2.75) is 13.0 Å². The van der Waals surface area contributed by atoms with Crippen LogP contribution in [0.25, 0.3) is 16.9 Å². The lowest BCUT2D eigenvalue weighted by molar-refractivity contribution is 0.00853. The third kappa shape index (κ3) is 4.65. The molecule has 2 aliphatic heterocycles. The van der Waals surface area contributed by atoms with Gasteiger partial charge in [-0.15, -0.1) is 16.4 Å². The summed E-state index contributed by atoms with van der Waals surface area (Å²) in [4.78, 5) is 35.9. The predicted octanol–water partition coefficient (Wildman–Crippen LogP) is 2.98. The Hall–Kier alpha value is -3.89. The average molecular weight is 514 g/mol. The maximum atomic E-state index is 13.1. The summed E-state index contributed by atoms with van der Waals surface area (Å²) < 4.78 is 1.79. The van der Waals surface area contributed by atoms with Crippen LogP contribution in [-0.2, 0) is 0 Å². The van der Waals surface area contributed by atoms with Crippen molar-refractivity contribution in [2.75, 3.05) is 39.3 Å². The van der Waals surface area contributed by atoms with E-state index >= 15 is 0 Å². The van der Waals surface area contributed by atoms with Gasteiger partial charge >= 0.3 is 0 Å². The van der Waals surface area contributed by atoms with Crippen LogP contribution in [0, 0.1) is 6.92 Å². The number of carbonyl (C=O) groups is 2. The van der Waals surface area contributed by atoms with E-state index in [0.717, 1.165) is 30.0 Å². The van der Waals surface area contributed by atoms with Crippen molar-refractivity contribution in [3.05, 3.63) is 82.4 Å². The van der Waals surface area contributed by atoms with Gasteiger partial charge in [0.05, 0.1) is 17.6 Å². The normalized spacial score (nSPS) is 16.6. The van der Waals surface area contributed by atoms with E-state index in [-0.39, 0.29) is 11.8 Å². The number of amides is 2.